The molecule has 2 atom stereocenters. The Hall–Kier alpha value is -2.28. The van der Waals surface area contributed by atoms with E-state index in [-0.39, 0.29) is 18.5 Å². The number of aliphatic carboxylic acids is 1. The van der Waals surface area contributed by atoms with Crippen molar-refractivity contribution in [2.24, 2.45) is 0 Å². The van der Waals surface area contributed by atoms with Gasteiger partial charge >= 0.3 is 5.97 Å². The molecular formula is C14H17NO6. The molecule has 0 saturated carbocycles. The summed E-state index contributed by atoms with van der Waals surface area (Å²) in [5.41, 5.74) is 0.285. The molecule has 0 aliphatic carbocycles. The summed E-state index contributed by atoms with van der Waals surface area (Å²) in [5.74, 6) is -0.722. The smallest absolute Gasteiger partial charge is 0.326 e. The number of carboxylic acids is 1. The Morgan fingerprint density at radius 3 is 2.48 bits per heavy atom. The average Bonchev–Trinajstić information content (AvgIpc) is 2.88. The molecule has 21 heavy (non-hydrogen) atoms. The van der Waals surface area contributed by atoms with Gasteiger partial charge in [-0.2, -0.15) is 0 Å². The van der Waals surface area contributed by atoms with Gasteiger partial charge in [0.1, 0.15) is 6.04 Å². The number of hydrogen-bond acceptors (Lipinski definition) is 5. The van der Waals surface area contributed by atoms with Crippen LogP contribution in [0.2, 0.25) is 0 Å². The first-order valence-corrected chi connectivity index (χ1v) is 6.41. The number of β-amino-alcohol motifs (C(OH)–C–C–N with tert-alkyl or cyclic N) is 1. The molecule has 1 aromatic carbocycles. The molecule has 7 heteroatoms. The summed E-state index contributed by atoms with van der Waals surface area (Å²) in [6.07, 6.45) is -0.788. The third kappa shape index (κ3) is 2.92. The Bertz CT molecular complexity index is 558. The number of rotatable bonds is 4. The summed E-state index contributed by atoms with van der Waals surface area (Å²) in [6.45, 7) is 0.00411. The minimum Gasteiger partial charge on any atom is -0.493 e. The second-order valence-corrected chi connectivity index (χ2v) is 4.77. The molecule has 1 amide bonds. The Balaban J connectivity index is 2.29. The summed E-state index contributed by atoms with van der Waals surface area (Å²) in [5, 5.41) is 18.7. The summed E-state index contributed by atoms with van der Waals surface area (Å²) in [6, 6.07) is 3.59. The molecule has 0 aromatic heterocycles. The molecule has 1 aliphatic rings. The predicted molar refractivity (Wildman–Crippen MR) is 72.6 cm³/mol. The van der Waals surface area contributed by atoms with E-state index in [0.29, 0.717) is 11.5 Å². The first-order valence-electron chi connectivity index (χ1n) is 6.41. The van der Waals surface area contributed by atoms with Gasteiger partial charge in [-0.1, -0.05) is 0 Å². The van der Waals surface area contributed by atoms with Gasteiger partial charge in [0.15, 0.2) is 11.5 Å². The number of hydrogen-bond donors (Lipinski definition) is 2. The van der Waals surface area contributed by atoms with Gasteiger partial charge in [0.25, 0.3) is 5.91 Å². The van der Waals surface area contributed by atoms with E-state index in [9.17, 15) is 14.7 Å². The van der Waals surface area contributed by atoms with E-state index in [1.807, 2.05) is 0 Å². The van der Waals surface area contributed by atoms with E-state index in [0.717, 1.165) is 4.90 Å². The summed E-state index contributed by atoms with van der Waals surface area (Å²) < 4.78 is 10.2. The Morgan fingerprint density at radius 2 is 1.90 bits per heavy atom. The van der Waals surface area contributed by atoms with Crippen molar-refractivity contribution in [1.29, 1.82) is 0 Å². The van der Waals surface area contributed by atoms with Crippen LogP contribution in [0.1, 0.15) is 16.8 Å². The molecule has 1 fully saturated rings. The average molecular weight is 295 g/mol. The molecule has 114 valence electrons. The molecule has 2 rings (SSSR count). The zero-order valence-corrected chi connectivity index (χ0v) is 11.8. The van der Waals surface area contributed by atoms with Crippen molar-refractivity contribution in [3.8, 4) is 11.5 Å². The number of benzene rings is 1. The minimum absolute atomic E-state index is 0.00411. The highest BCUT2D eigenvalue weighted by atomic mass is 16.5. The number of ether oxygens (including phenoxy) is 2. The lowest BCUT2D eigenvalue weighted by molar-refractivity contribution is -0.141. The fraction of sp³-hybridized carbons (Fsp3) is 0.429. The van der Waals surface area contributed by atoms with Crippen molar-refractivity contribution in [1.82, 2.24) is 4.90 Å². The molecule has 7 nitrogen and oxygen atoms in total. The van der Waals surface area contributed by atoms with Crippen LogP contribution in [-0.2, 0) is 4.79 Å². The van der Waals surface area contributed by atoms with Gasteiger partial charge in [0.05, 0.1) is 20.3 Å². The maximum atomic E-state index is 12.4. The normalized spacial score (nSPS) is 21.2. The van der Waals surface area contributed by atoms with E-state index in [1.165, 1.54) is 26.4 Å². The number of likely N-dealkylation sites (tertiary alicyclic amines) is 1. The van der Waals surface area contributed by atoms with E-state index in [2.05, 4.69) is 0 Å². The summed E-state index contributed by atoms with van der Waals surface area (Å²) in [4.78, 5) is 24.8. The van der Waals surface area contributed by atoms with Gasteiger partial charge in [-0.25, -0.2) is 4.79 Å². The highest BCUT2D eigenvalue weighted by Gasteiger charge is 2.39. The minimum atomic E-state index is -1.12. The molecule has 0 spiro atoms. The van der Waals surface area contributed by atoms with E-state index >= 15 is 0 Å². The SMILES string of the molecule is COc1ccc(C(=O)N2CC(O)CC2C(=O)O)cc1OC. The van der Waals surface area contributed by atoms with Gasteiger partial charge in [0.2, 0.25) is 0 Å². The Labute approximate surface area is 121 Å². The molecule has 1 aromatic rings. The standard InChI is InChI=1S/C14H17NO6/c1-20-11-4-3-8(5-12(11)21-2)13(17)15-7-9(16)6-10(15)14(18)19/h3-5,9-10,16H,6-7H2,1-2H3,(H,18,19). The van der Waals surface area contributed by atoms with Crippen molar-refractivity contribution in [3.63, 3.8) is 0 Å². The second-order valence-electron chi connectivity index (χ2n) is 4.77. The Kier molecular flexibility index (Phi) is 4.32. The van der Waals surface area contributed by atoms with Crippen LogP contribution in [0.5, 0.6) is 11.5 Å². The number of methoxy groups -OCH3 is 2. The predicted octanol–water partition coefficient (Wildman–Crippen LogP) is 0.364. The van der Waals surface area contributed by atoms with Crippen molar-refractivity contribution in [3.05, 3.63) is 23.8 Å². The van der Waals surface area contributed by atoms with Crippen LogP contribution in [0.3, 0.4) is 0 Å². The number of amides is 1. The molecule has 1 saturated heterocycles. The molecule has 2 N–H and O–H groups in total. The van der Waals surface area contributed by atoms with Crippen molar-refractivity contribution in [2.45, 2.75) is 18.6 Å². The molecule has 2 unspecified atom stereocenters. The van der Waals surface area contributed by atoms with Crippen LogP contribution in [0.15, 0.2) is 18.2 Å². The van der Waals surface area contributed by atoms with Gasteiger partial charge in [-0.05, 0) is 18.2 Å². The third-order valence-electron chi connectivity index (χ3n) is 3.46. The highest BCUT2D eigenvalue weighted by molar-refractivity contribution is 5.97. The number of carboxylic acid groups (broad SMARTS) is 1. The van der Waals surface area contributed by atoms with Gasteiger partial charge < -0.3 is 24.6 Å². The first kappa shape index (κ1) is 15.1. The largest absolute Gasteiger partial charge is 0.493 e. The zero-order valence-electron chi connectivity index (χ0n) is 11.8. The zero-order chi connectivity index (χ0) is 15.6. The van der Waals surface area contributed by atoms with Crippen molar-refractivity contribution in [2.75, 3.05) is 20.8 Å². The van der Waals surface area contributed by atoms with Gasteiger partial charge in [0, 0.05) is 18.5 Å². The van der Waals surface area contributed by atoms with Crippen molar-refractivity contribution >= 4 is 11.9 Å². The second kappa shape index (κ2) is 6.01. The molecule has 0 radical (unpaired) electrons. The first-order chi connectivity index (χ1) is 9.97. The molecular weight excluding hydrogens is 278 g/mol. The number of aliphatic hydroxyl groups is 1. The van der Waals surface area contributed by atoms with Crippen LogP contribution in [0, 0.1) is 0 Å². The number of nitrogens with zero attached hydrogens (tertiary/aromatic N) is 1. The molecule has 0 bridgehead atoms. The highest BCUT2D eigenvalue weighted by Crippen LogP contribution is 2.29. The number of carbonyl (C=O) groups is 2. The summed E-state index contributed by atoms with van der Waals surface area (Å²) in [7, 11) is 2.93. The third-order valence-corrected chi connectivity index (χ3v) is 3.46. The topological polar surface area (TPSA) is 96.3 Å². The number of carbonyl (C=O) groups excluding carboxylic acids is 1. The summed E-state index contributed by atoms with van der Waals surface area (Å²) >= 11 is 0. The molecule has 1 aliphatic heterocycles. The number of aliphatic hydroxyl groups excluding tert-OH is 1. The fourth-order valence-corrected chi connectivity index (χ4v) is 2.41. The lowest BCUT2D eigenvalue weighted by Crippen LogP contribution is -2.40. The fourth-order valence-electron chi connectivity index (χ4n) is 2.41. The van der Waals surface area contributed by atoms with Crippen molar-refractivity contribution < 1.29 is 29.3 Å². The lowest BCUT2D eigenvalue weighted by Gasteiger charge is -2.21. The van der Waals surface area contributed by atoms with Crippen LogP contribution in [0.4, 0.5) is 0 Å². The maximum Gasteiger partial charge on any atom is 0.326 e. The Morgan fingerprint density at radius 1 is 1.24 bits per heavy atom. The van der Waals surface area contributed by atoms with E-state index < -0.39 is 24.0 Å². The monoisotopic (exact) mass is 295 g/mol. The van der Waals surface area contributed by atoms with Crippen LogP contribution < -0.4 is 9.47 Å². The van der Waals surface area contributed by atoms with E-state index in [4.69, 9.17) is 14.6 Å². The molecule has 1 heterocycles. The maximum absolute atomic E-state index is 12.4. The van der Waals surface area contributed by atoms with Crippen LogP contribution in [-0.4, -0.2) is 59.9 Å². The van der Waals surface area contributed by atoms with Gasteiger partial charge in [-0.3, -0.25) is 4.79 Å². The van der Waals surface area contributed by atoms with Gasteiger partial charge in [-0.15, -0.1) is 0 Å². The van der Waals surface area contributed by atoms with E-state index in [1.54, 1.807) is 6.07 Å². The lowest BCUT2D eigenvalue weighted by atomic mass is 10.1. The van der Waals surface area contributed by atoms with Crippen LogP contribution in [0.25, 0.3) is 0 Å². The quantitative estimate of drug-likeness (QED) is 0.833. The van der Waals surface area contributed by atoms with Crippen LogP contribution >= 0.6 is 0 Å².